The molecule has 2 fully saturated rings. The number of hydrogen-bond acceptors (Lipinski definition) is 3. The minimum atomic E-state index is -0.692. The summed E-state index contributed by atoms with van der Waals surface area (Å²) in [6.45, 7) is 2.47. The van der Waals surface area contributed by atoms with E-state index in [0.29, 0.717) is 25.1 Å². The summed E-state index contributed by atoms with van der Waals surface area (Å²) >= 11 is 0. The number of anilines is 1. The molecule has 5 rings (SSSR count). The average molecular weight is 392 g/mol. The second-order valence-electron chi connectivity index (χ2n) is 8.59. The van der Waals surface area contributed by atoms with Crippen LogP contribution in [0.5, 0.6) is 0 Å². The third kappa shape index (κ3) is 2.75. The summed E-state index contributed by atoms with van der Waals surface area (Å²) in [5.41, 5.74) is 1.56. The van der Waals surface area contributed by atoms with E-state index in [0.717, 1.165) is 17.7 Å². The molecule has 3 aliphatic heterocycles. The summed E-state index contributed by atoms with van der Waals surface area (Å²) < 4.78 is 0. The van der Waals surface area contributed by atoms with Gasteiger partial charge in [-0.25, -0.2) is 0 Å². The molecule has 150 valence electrons. The van der Waals surface area contributed by atoms with Crippen molar-refractivity contribution in [2.75, 3.05) is 11.9 Å². The van der Waals surface area contributed by atoms with Gasteiger partial charge in [-0.05, 0) is 48.9 Å². The van der Waals surface area contributed by atoms with Crippen molar-refractivity contribution in [1.29, 1.82) is 0 Å². The van der Waals surface area contributed by atoms with Gasteiger partial charge in [0.15, 0.2) is 0 Å². The van der Waals surface area contributed by atoms with Gasteiger partial charge in [-0.2, -0.15) is 0 Å². The lowest BCUT2D eigenvalue weighted by Crippen LogP contribution is -2.49. The predicted molar refractivity (Wildman–Crippen MR) is 107 cm³/mol. The van der Waals surface area contributed by atoms with Gasteiger partial charge in [-0.3, -0.25) is 14.4 Å². The third-order valence-electron chi connectivity index (χ3n) is 6.63. The van der Waals surface area contributed by atoms with Crippen LogP contribution in [0.25, 0.3) is 0 Å². The number of nitrogens with one attached hydrogen (secondary N) is 3. The number of H-pyrrole nitrogens is 1. The van der Waals surface area contributed by atoms with Crippen LogP contribution in [-0.2, 0) is 15.0 Å². The molecule has 7 nitrogen and oxygen atoms in total. The Morgan fingerprint density at radius 3 is 2.79 bits per heavy atom. The van der Waals surface area contributed by atoms with Crippen molar-refractivity contribution >= 4 is 23.4 Å². The van der Waals surface area contributed by atoms with Crippen molar-refractivity contribution < 1.29 is 14.4 Å². The molecule has 29 heavy (non-hydrogen) atoms. The normalized spacial score (nSPS) is 30.7. The smallest absolute Gasteiger partial charge is 0.268 e. The molecule has 3 N–H and O–H groups in total. The number of rotatable bonds is 2. The summed E-state index contributed by atoms with van der Waals surface area (Å²) in [5.74, 6) is -0.137. The highest BCUT2D eigenvalue weighted by Crippen LogP contribution is 2.48. The zero-order valence-corrected chi connectivity index (χ0v) is 16.3. The van der Waals surface area contributed by atoms with Gasteiger partial charge >= 0.3 is 0 Å². The van der Waals surface area contributed by atoms with Crippen molar-refractivity contribution in [3.05, 3.63) is 53.9 Å². The highest BCUT2D eigenvalue weighted by Gasteiger charge is 2.57. The number of nitrogens with zero attached hydrogens (tertiary/aromatic N) is 1. The summed E-state index contributed by atoms with van der Waals surface area (Å²) in [5, 5.41) is 5.89. The number of carbonyl (C=O) groups is 3. The molecule has 0 saturated carbocycles. The van der Waals surface area contributed by atoms with Gasteiger partial charge in [0.1, 0.15) is 11.7 Å². The van der Waals surface area contributed by atoms with Crippen LogP contribution in [0.4, 0.5) is 5.69 Å². The number of hydrogen-bond donors (Lipinski definition) is 3. The molecule has 1 unspecified atom stereocenters. The molecule has 2 aromatic rings. The molecule has 0 bridgehead atoms. The molecular formula is C22H24N4O3. The number of para-hydroxylation sites is 1. The van der Waals surface area contributed by atoms with E-state index in [4.69, 9.17) is 0 Å². The lowest BCUT2D eigenvalue weighted by atomic mass is 9.78. The summed E-state index contributed by atoms with van der Waals surface area (Å²) in [6.07, 6.45) is 3.75. The van der Waals surface area contributed by atoms with Crippen LogP contribution >= 0.6 is 0 Å². The van der Waals surface area contributed by atoms with Crippen LogP contribution in [0.3, 0.4) is 0 Å². The van der Waals surface area contributed by atoms with Gasteiger partial charge in [0, 0.05) is 24.5 Å². The SMILES string of the molecule is CC1C[C@@H]2C[C@@]3(CN2C(=O)[C@@H](NC(=O)c2ccc[nH]2)C1)C(=O)Nc1ccccc13. The molecule has 4 atom stereocenters. The predicted octanol–water partition coefficient (Wildman–Crippen LogP) is 2.03. The average Bonchev–Trinajstić information content (AvgIpc) is 3.39. The van der Waals surface area contributed by atoms with E-state index in [2.05, 4.69) is 22.5 Å². The Balaban J connectivity index is 1.44. The number of aromatic amines is 1. The fourth-order valence-corrected chi connectivity index (χ4v) is 5.29. The summed E-state index contributed by atoms with van der Waals surface area (Å²) in [6, 6.07) is 10.6. The first-order valence-electron chi connectivity index (χ1n) is 10.1. The Hall–Kier alpha value is -3.09. The lowest BCUT2D eigenvalue weighted by molar-refractivity contribution is -0.133. The largest absolute Gasteiger partial charge is 0.357 e. The van der Waals surface area contributed by atoms with E-state index < -0.39 is 11.5 Å². The number of benzene rings is 1. The molecule has 7 heteroatoms. The second-order valence-corrected chi connectivity index (χ2v) is 8.59. The number of aromatic nitrogens is 1. The van der Waals surface area contributed by atoms with E-state index in [9.17, 15) is 14.4 Å². The minimum absolute atomic E-state index is 0.00166. The zero-order valence-electron chi connectivity index (χ0n) is 16.3. The van der Waals surface area contributed by atoms with E-state index in [1.54, 1.807) is 18.3 Å². The first-order valence-corrected chi connectivity index (χ1v) is 10.1. The van der Waals surface area contributed by atoms with Crippen molar-refractivity contribution in [2.24, 2.45) is 5.92 Å². The monoisotopic (exact) mass is 392 g/mol. The second kappa shape index (κ2) is 6.47. The molecule has 1 spiro atoms. The Kier molecular flexibility index (Phi) is 4.01. The van der Waals surface area contributed by atoms with Gasteiger partial charge in [0.2, 0.25) is 11.8 Å². The van der Waals surface area contributed by atoms with E-state index in [-0.39, 0.29) is 29.7 Å². The maximum Gasteiger partial charge on any atom is 0.268 e. The molecule has 2 saturated heterocycles. The zero-order chi connectivity index (χ0) is 20.2. The number of carbonyl (C=O) groups excluding carboxylic acids is 3. The van der Waals surface area contributed by atoms with Crippen molar-refractivity contribution in [3.8, 4) is 0 Å². The molecule has 1 aromatic heterocycles. The van der Waals surface area contributed by atoms with Gasteiger partial charge in [0.05, 0.1) is 5.41 Å². The number of amides is 3. The third-order valence-corrected chi connectivity index (χ3v) is 6.63. The summed E-state index contributed by atoms with van der Waals surface area (Å²) in [7, 11) is 0. The first kappa shape index (κ1) is 18.0. The topological polar surface area (TPSA) is 94.3 Å². The summed E-state index contributed by atoms with van der Waals surface area (Å²) in [4.78, 5) is 43.6. The van der Waals surface area contributed by atoms with E-state index in [1.165, 1.54) is 0 Å². The molecule has 4 heterocycles. The van der Waals surface area contributed by atoms with Crippen molar-refractivity contribution in [2.45, 2.75) is 43.7 Å². The fourth-order valence-electron chi connectivity index (χ4n) is 5.29. The number of fused-ring (bicyclic) bond motifs is 3. The van der Waals surface area contributed by atoms with Gasteiger partial charge < -0.3 is 20.5 Å². The van der Waals surface area contributed by atoms with E-state index in [1.807, 2.05) is 29.2 Å². The highest BCUT2D eigenvalue weighted by molar-refractivity contribution is 6.07. The fraction of sp³-hybridized carbons (Fsp3) is 0.409. The van der Waals surface area contributed by atoms with Crippen LogP contribution in [0, 0.1) is 5.92 Å². The van der Waals surface area contributed by atoms with Gasteiger partial charge in [0.25, 0.3) is 5.91 Å². The van der Waals surface area contributed by atoms with Crippen LogP contribution in [0.15, 0.2) is 42.6 Å². The minimum Gasteiger partial charge on any atom is -0.357 e. The van der Waals surface area contributed by atoms with Crippen LogP contribution in [-0.4, -0.2) is 46.2 Å². The standard InChI is InChI=1S/C22H24N4O3/c1-13-9-14-11-22(15-5-2-3-6-16(15)25-21(22)29)12-26(14)20(28)18(10-13)24-19(27)17-7-4-8-23-17/h2-8,13-14,18,23H,9-12H2,1H3,(H,24,27)(H,25,29)/t13?,14-,18+,22+/m1/s1. The highest BCUT2D eigenvalue weighted by atomic mass is 16.2. The van der Waals surface area contributed by atoms with Crippen molar-refractivity contribution in [3.63, 3.8) is 0 Å². The first-order chi connectivity index (χ1) is 14.0. The molecule has 1 aromatic carbocycles. The maximum absolute atomic E-state index is 13.4. The molecular weight excluding hydrogens is 368 g/mol. The molecule has 0 aliphatic carbocycles. The molecule has 3 aliphatic rings. The Labute approximate surface area is 168 Å². The van der Waals surface area contributed by atoms with Gasteiger partial charge in [-0.15, -0.1) is 0 Å². The lowest BCUT2D eigenvalue weighted by Gasteiger charge is -2.26. The van der Waals surface area contributed by atoms with E-state index >= 15 is 0 Å². The van der Waals surface area contributed by atoms with Gasteiger partial charge in [-0.1, -0.05) is 25.1 Å². The molecule has 0 radical (unpaired) electrons. The Morgan fingerprint density at radius 1 is 1.17 bits per heavy atom. The Bertz CT molecular complexity index is 986. The molecule has 3 amide bonds. The van der Waals surface area contributed by atoms with Crippen LogP contribution < -0.4 is 10.6 Å². The quantitative estimate of drug-likeness (QED) is 0.730. The van der Waals surface area contributed by atoms with Crippen LogP contribution in [0.1, 0.15) is 42.2 Å². The van der Waals surface area contributed by atoms with Crippen molar-refractivity contribution in [1.82, 2.24) is 15.2 Å². The maximum atomic E-state index is 13.4. The van der Waals surface area contributed by atoms with Crippen LogP contribution in [0.2, 0.25) is 0 Å². The Morgan fingerprint density at radius 2 is 2.00 bits per heavy atom.